The van der Waals surface area contributed by atoms with Gasteiger partial charge in [-0.2, -0.15) is 0 Å². The minimum atomic E-state index is -0.672. The van der Waals surface area contributed by atoms with Crippen molar-refractivity contribution in [3.8, 4) is 5.75 Å². The molecular weight excluding hydrogens is 450 g/mol. The number of aliphatic hydroxyl groups excluding tert-OH is 1. The van der Waals surface area contributed by atoms with Crippen LogP contribution in [0.5, 0.6) is 5.75 Å². The molecule has 0 spiro atoms. The number of carbonyl (C=O) groups excluding carboxylic acids is 2. The van der Waals surface area contributed by atoms with Crippen LogP contribution in [-0.2, 0) is 21.4 Å². The van der Waals surface area contributed by atoms with Crippen LogP contribution in [-0.4, -0.2) is 34.8 Å². The number of amides is 1. The second-order valence-electron chi connectivity index (χ2n) is 10.1. The summed E-state index contributed by atoms with van der Waals surface area (Å²) in [5, 5.41) is 11.3. The summed E-state index contributed by atoms with van der Waals surface area (Å²) in [6.07, 6.45) is 0.605. The van der Waals surface area contributed by atoms with E-state index < -0.39 is 17.7 Å². The molecule has 1 atom stereocenters. The second-order valence-corrected chi connectivity index (χ2v) is 10.1. The third kappa shape index (κ3) is 5.20. The van der Waals surface area contributed by atoms with Crippen LogP contribution in [0.15, 0.2) is 84.4 Å². The predicted octanol–water partition coefficient (Wildman–Crippen LogP) is 6.05. The zero-order valence-electron chi connectivity index (χ0n) is 21.3. The molecular formula is C31H33NO4. The van der Waals surface area contributed by atoms with Crippen molar-refractivity contribution in [2.75, 3.05) is 13.2 Å². The van der Waals surface area contributed by atoms with Gasteiger partial charge in [-0.1, -0.05) is 75.4 Å². The van der Waals surface area contributed by atoms with E-state index in [1.54, 1.807) is 29.2 Å². The van der Waals surface area contributed by atoms with E-state index in [2.05, 4.69) is 20.8 Å². The number of Topliss-reactive ketones (excluding diaryl/α,β-unsaturated/α-hetero) is 1. The van der Waals surface area contributed by atoms with E-state index in [0.717, 1.165) is 16.7 Å². The number of nitrogens with zero attached hydrogens (tertiary/aromatic N) is 1. The average molecular weight is 484 g/mol. The maximum absolute atomic E-state index is 13.3. The number of aliphatic hydroxyl groups is 1. The molecule has 5 heteroatoms. The molecule has 1 amide bonds. The second kappa shape index (κ2) is 10.4. The number of benzene rings is 3. The summed E-state index contributed by atoms with van der Waals surface area (Å²) in [4.78, 5) is 28.1. The fourth-order valence-electron chi connectivity index (χ4n) is 4.55. The topological polar surface area (TPSA) is 66.8 Å². The summed E-state index contributed by atoms with van der Waals surface area (Å²) >= 11 is 0. The monoisotopic (exact) mass is 483 g/mol. The fourth-order valence-corrected chi connectivity index (χ4v) is 4.55. The van der Waals surface area contributed by atoms with Crippen LogP contribution < -0.4 is 4.74 Å². The Bertz CT molecular complexity index is 1250. The highest BCUT2D eigenvalue weighted by atomic mass is 16.5. The average Bonchev–Trinajstić information content (AvgIpc) is 3.13. The van der Waals surface area contributed by atoms with Gasteiger partial charge in [0.15, 0.2) is 0 Å². The summed E-state index contributed by atoms with van der Waals surface area (Å²) in [6, 6.07) is 24.1. The Morgan fingerprint density at radius 2 is 1.56 bits per heavy atom. The molecule has 1 N–H and O–H groups in total. The third-order valence-corrected chi connectivity index (χ3v) is 6.56. The van der Waals surface area contributed by atoms with Crippen LogP contribution in [0.1, 0.15) is 56.0 Å². The van der Waals surface area contributed by atoms with Gasteiger partial charge in [-0.25, -0.2) is 0 Å². The zero-order chi connectivity index (χ0) is 25.9. The summed E-state index contributed by atoms with van der Waals surface area (Å²) in [5.74, 6) is -0.766. The third-order valence-electron chi connectivity index (χ3n) is 6.56. The molecule has 4 rings (SSSR count). The first-order valence-corrected chi connectivity index (χ1v) is 12.4. The fraction of sp³-hybridized carbons (Fsp3) is 0.290. The van der Waals surface area contributed by atoms with E-state index in [1.165, 1.54) is 0 Å². The van der Waals surface area contributed by atoms with E-state index in [-0.39, 0.29) is 16.7 Å². The van der Waals surface area contributed by atoms with Gasteiger partial charge in [0.25, 0.3) is 11.7 Å². The lowest BCUT2D eigenvalue weighted by Crippen LogP contribution is -2.31. The molecule has 1 saturated heterocycles. The SMILES string of the molecule is CCOc1ccc(/C(O)=C2/C(=O)C(=O)N(CCc3ccccc3)C2c2ccc(C(C)(C)C)cc2)cc1. The van der Waals surface area contributed by atoms with E-state index in [4.69, 9.17) is 4.74 Å². The van der Waals surface area contributed by atoms with Gasteiger partial charge < -0.3 is 14.7 Å². The van der Waals surface area contributed by atoms with Crippen LogP contribution in [0, 0.1) is 0 Å². The van der Waals surface area contributed by atoms with E-state index in [9.17, 15) is 14.7 Å². The summed E-state index contributed by atoms with van der Waals surface area (Å²) in [7, 11) is 0. The van der Waals surface area contributed by atoms with Crippen molar-refractivity contribution in [3.63, 3.8) is 0 Å². The number of ketones is 1. The van der Waals surface area contributed by atoms with E-state index in [1.807, 2.05) is 61.5 Å². The molecule has 1 fully saturated rings. The Morgan fingerprint density at radius 3 is 2.14 bits per heavy atom. The van der Waals surface area contributed by atoms with Crippen molar-refractivity contribution in [2.24, 2.45) is 0 Å². The molecule has 3 aromatic rings. The number of hydrogen-bond donors (Lipinski definition) is 1. The Morgan fingerprint density at radius 1 is 0.917 bits per heavy atom. The first-order valence-electron chi connectivity index (χ1n) is 12.4. The normalized spacial score (nSPS) is 17.4. The van der Waals surface area contributed by atoms with Crippen molar-refractivity contribution >= 4 is 17.4 Å². The minimum Gasteiger partial charge on any atom is -0.507 e. The Hall–Kier alpha value is -3.86. The largest absolute Gasteiger partial charge is 0.507 e. The van der Waals surface area contributed by atoms with Gasteiger partial charge in [0.1, 0.15) is 11.5 Å². The molecule has 1 unspecified atom stereocenters. The Kier molecular flexibility index (Phi) is 7.30. The molecule has 1 aliphatic heterocycles. The summed E-state index contributed by atoms with van der Waals surface area (Å²) < 4.78 is 5.50. The molecule has 3 aromatic carbocycles. The molecule has 0 aliphatic carbocycles. The van der Waals surface area contributed by atoms with Gasteiger partial charge in [-0.15, -0.1) is 0 Å². The van der Waals surface area contributed by atoms with Crippen molar-refractivity contribution in [3.05, 3.63) is 107 Å². The molecule has 5 nitrogen and oxygen atoms in total. The highest BCUT2D eigenvalue weighted by molar-refractivity contribution is 6.46. The Balaban J connectivity index is 1.77. The quantitative estimate of drug-likeness (QED) is 0.252. The lowest BCUT2D eigenvalue weighted by Gasteiger charge is -2.26. The zero-order valence-corrected chi connectivity index (χ0v) is 21.3. The first-order chi connectivity index (χ1) is 17.2. The van der Waals surface area contributed by atoms with Crippen LogP contribution >= 0.6 is 0 Å². The smallest absolute Gasteiger partial charge is 0.295 e. The summed E-state index contributed by atoms with van der Waals surface area (Å²) in [5.41, 5.74) is 3.57. The number of hydrogen-bond acceptors (Lipinski definition) is 4. The number of rotatable bonds is 7. The standard InChI is InChI=1S/C31H33NO4/c1-5-36-25-17-13-23(14-18-25)28(33)26-27(22-11-15-24(16-12-22)31(2,3)4)32(30(35)29(26)34)20-19-21-9-7-6-8-10-21/h6-18,27,33H,5,19-20H2,1-4H3/b28-26-. The Labute approximate surface area is 213 Å². The number of ether oxygens (including phenoxy) is 1. The van der Waals surface area contributed by atoms with Gasteiger partial charge in [0.2, 0.25) is 0 Å². The van der Waals surface area contributed by atoms with Gasteiger partial charge in [0.05, 0.1) is 18.2 Å². The molecule has 0 saturated carbocycles. The van der Waals surface area contributed by atoms with Crippen LogP contribution in [0.4, 0.5) is 0 Å². The van der Waals surface area contributed by atoms with Gasteiger partial charge in [0, 0.05) is 12.1 Å². The van der Waals surface area contributed by atoms with Gasteiger partial charge in [-0.3, -0.25) is 9.59 Å². The number of likely N-dealkylation sites (tertiary alicyclic amines) is 1. The first kappa shape index (κ1) is 25.2. The predicted molar refractivity (Wildman–Crippen MR) is 142 cm³/mol. The summed E-state index contributed by atoms with van der Waals surface area (Å²) in [6.45, 7) is 9.21. The van der Waals surface area contributed by atoms with E-state index in [0.29, 0.717) is 30.9 Å². The van der Waals surface area contributed by atoms with Crippen LogP contribution in [0.25, 0.3) is 5.76 Å². The maximum Gasteiger partial charge on any atom is 0.295 e. The molecule has 186 valence electrons. The van der Waals surface area contributed by atoms with Crippen LogP contribution in [0.2, 0.25) is 0 Å². The number of carbonyl (C=O) groups is 2. The van der Waals surface area contributed by atoms with Gasteiger partial charge in [-0.05, 0) is 59.7 Å². The molecule has 0 aromatic heterocycles. The van der Waals surface area contributed by atoms with E-state index >= 15 is 0 Å². The lowest BCUT2D eigenvalue weighted by atomic mass is 9.85. The molecule has 1 heterocycles. The maximum atomic E-state index is 13.3. The van der Waals surface area contributed by atoms with Crippen molar-refractivity contribution < 1.29 is 19.4 Å². The highest BCUT2D eigenvalue weighted by Gasteiger charge is 2.45. The van der Waals surface area contributed by atoms with Crippen molar-refractivity contribution in [1.29, 1.82) is 0 Å². The van der Waals surface area contributed by atoms with Crippen molar-refractivity contribution in [1.82, 2.24) is 4.90 Å². The van der Waals surface area contributed by atoms with Crippen LogP contribution in [0.3, 0.4) is 0 Å². The lowest BCUT2D eigenvalue weighted by molar-refractivity contribution is -0.139. The van der Waals surface area contributed by atoms with Gasteiger partial charge >= 0.3 is 0 Å². The minimum absolute atomic E-state index is 0.0318. The molecule has 0 bridgehead atoms. The molecule has 36 heavy (non-hydrogen) atoms. The van der Waals surface area contributed by atoms with Crippen molar-refractivity contribution in [2.45, 2.75) is 45.6 Å². The molecule has 1 aliphatic rings. The highest BCUT2D eigenvalue weighted by Crippen LogP contribution is 2.40. The molecule has 0 radical (unpaired) electrons.